The van der Waals surface area contributed by atoms with Gasteiger partial charge in [0.1, 0.15) is 42.2 Å². The molecule has 0 bridgehead atoms. The third-order valence-electron chi connectivity index (χ3n) is 10.0. The number of hydrogen-bond donors (Lipinski definition) is 3. The van der Waals surface area contributed by atoms with Crippen LogP contribution in [0, 0.1) is 0 Å². The summed E-state index contributed by atoms with van der Waals surface area (Å²) >= 11 is 0. The molecule has 1 spiro atoms. The van der Waals surface area contributed by atoms with E-state index in [2.05, 4.69) is 67.7 Å². The molecule has 1 aromatic carbocycles. The van der Waals surface area contributed by atoms with E-state index in [4.69, 9.17) is 18.1 Å². The number of aliphatic hydroxyl groups is 3. The third kappa shape index (κ3) is 7.08. The summed E-state index contributed by atoms with van der Waals surface area (Å²) in [5.41, 5.74) is -2.65. The van der Waals surface area contributed by atoms with E-state index in [0.29, 0.717) is 0 Å². The molecule has 1 heterocycles. The van der Waals surface area contributed by atoms with E-state index in [1.165, 1.54) is 5.06 Å². The van der Waals surface area contributed by atoms with Gasteiger partial charge in [0, 0.05) is 0 Å². The lowest BCUT2D eigenvalue weighted by Gasteiger charge is -2.65. The lowest BCUT2D eigenvalue weighted by molar-refractivity contribution is -0.352. The zero-order valence-electron chi connectivity index (χ0n) is 28.6. The molecule has 6 atom stereocenters. The summed E-state index contributed by atoms with van der Waals surface area (Å²) in [5, 5.41) is 37.2. The fourth-order valence-electron chi connectivity index (χ4n) is 5.16. The first-order chi connectivity index (χ1) is 19.3. The summed E-state index contributed by atoms with van der Waals surface area (Å²) in [6, 6.07) is 9.44. The molecule has 0 aromatic heterocycles. The minimum absolute atomic E-state index is 0.0866. The summed E-state index contributed by atoms with van der Waals surface area (Å²) < 4.78 is 20.4. The highest BCUT2D eigenvalue weighted by Crippen LogP contribution is 2.53. The van der Waals surface area contributed by atoms with Crippen LogP contribution in [0.4, 0.5) is 0 Å². The molecule has 1 amide bonds. The molecule has 2 aliphatic rings. The van der Waals surface area contributed by atoms with Gasteiger partial charge in [-0.05, 0) is 61.5 Å². The molecule has 3 rings (SSSR count). The lowest BCUT2D eigenvalue weighted by atomic mass is 9.62. The molecule has 12 heteroatoms. The van der Waals surface area contributed by atoms with E-state index in [1.807, 2.05) is 50.0 Å². The number of nitrogens with zero attached hydrogens (tertiary/aromatic N) is 1. The van der Waals surface area contributed by atoms with Crippen LogP contribution in [0.2, 0.25) is 55.9 Å². The Bertz CT molecular complexity index is 1130. The van der Waals surface area contributed by atoms with Crippen molar-refractivity contribution in [1.82, 2.24) is 5.06 Å². The van der Waals surface area contributed by atoms with Crippen molar-refractivity contribution in [3.05, 3.63) is 35.9 Å². The van der Waals surface area contributed by atoms with E-state index in [0.717, 1.165) is 5.56 Å². The van der Waals surface area contributed by atoms with Gasteiger partial charge in [0.15, 0.2) is 25.0 Å². The van der Waals surface area contributed by atoms with Gasteiger partial charge < -0.3 is 28.6 Å². The van der Waals surface area contributed by atoms with Gasteiger partial charge in [0.2, 0.25) is 5.91 Å². The minimum atomic E-state index is -2.63. The fraction of sp³-hybridized carbons (Fsp3) is 0.774. The molecule has 1 saturated heterocycles. The van der Waals surface area contributed by atoms with Crippen LogP contribution in [0.5, 0.6) is 0 Å². The molecular weight excluding hydrogens is 599 g/mol. The van der Waals surface area contributed by atoms with E-state index in [-0.39, 0.29) is 35.6 Å². The number of carbonyl (C=O) groups excluding carboxylic acids is 1. The Hall–Kier alpha value is -0.939. The van der Waals surface area contributed by atoms with Crippen LogP contribution in [0.25, 0.3) is 0 Å². The summed E-state index contributed by atoms with van der Waals surface area (Å²) in [4.78, 5) is 19.3. The molecule has 0 unspecified atom stereocenters. The fourth-order valence-corrected chi connectivity index (χ4v) is 8.59. The first-order valence-electron chi connectivity index (χ1n) is 15.4. The zero-order chi connectivity index (χ0) is 33.0. The number of rotatable bonds is 10. The second kappa shape index (κ2) is 12.0. The second-order valence-corrected chi connectivity index (χ2v) is 30.5. The average molecular weight is 656 g/mol. The number of benzene rings is 1. The number of carbonyl (C=O) groups is 1. The molecule has 1 aromatic rings. The zero-order valence-corrected chi connectivity index (χ0v) is 31.6. The molecule has 9 nitrogen and oxygen atoms in total. The molecule has 43 heavy (non-hydrogen) atoms. The first-order valence-corrected chi connectivity index (χ1v) is 24.6. The Balaban J connectivity index is 2.17. The highest BCUT2D eigenvalue weighted by molar-refractivity contribution is 6.74. The second-order valence-electron chi connectivity index (χ2n) is 16.5. The number of hydrogen-bond acceptors (Lipinski definition) is 8. The topological polar surface area (TPSA) is 118 Å². The lowest BCUT2D eigenvalue weighted by Crippen LogP contribution is -2.87. The normalized spacial score (nSPS) is 31.0. The summed E-state index contributed by atoms with van der Waals surface area (Å²) in [6.07, 6.45) is -5.52. The summed E-state index contributed by atoms with van der Waals surface area (Å²) in [7, 11) is -7.45. The van der Waals surface area contributed by atoms with Crippen LogP contribution in [0.15, 0.2) is 30.3 Å². The SMILES string of the molecule is CC(C)(C)[Si](C)(C)OC[C@]1(O)[C@H](O)[C@H](O)[C@]2(CC(=O)N2OCc2ccccc2)[C@H](O[Si](C)(C)C)[C@@H]1O[Si](C)(C)C(C)(C)C. The van der Waals surface area contributed by atoms with Gasteiger partial charge in [-0.15, -0.1) is 0 Å². The number of amides is 1. The van der Waals surface area contributed by atoms with E-state index >= 15 is 0 Å². The predicted octanol–water partition coefficient (Wildman–Crippen LogP) is 5.19. The van der Waals surface area contributed by atoms with E-state index < -0.39 is 60.5 Å². The predicted molar refractivity (Wildman–Crippen MR) is 176 cm³/mol. The Kier molecular flexibility index (Phi) is 10.2. The van der Waals surface area contributed by atoms with E-state index in [1.54, 1.807) is 0 Å². The van der Waals surface area contributed by atoms with Crippen molar-refractivity contribution >= 4 is 30.9 Å². The van der Waals surface area contributed by atoms with Gasteiger partial charge in [-0.1, -0.05) is 71.9 Å². The minimum Gasteiger partial charge on any atom is -0.414 e. The van der Waals surface area contributed by atoms with Crippen molar-refractivity contribution in [2.45, 2.75) is 146 Å². The van der Waals surface area contributed by atoms with Gasteiger partial charge in [-0.3, -0.25) is 9.63 Å². The van der Waals surface area contributed by atoms with Crippen molar-refractivity contribution in [1.29, 1.82) is 0 Å². The van der Waals surface area contributed by atoms with Crippen LogP contribution in [0.3, 0.4) is 0 Å². The number of aliphatic hydroxyl groups excluding tert-OH is 2. The van der Waals surface area contributed by atoms with Crippen molar-refractivity contribution in [2.75, 3.05) is 6.61 Å². The van der Waals surface area contributed by atoms with Crippen LogP contribution in [-0.2, 0) is 29.5 Å². The standard InChI is InChI=1S/C31H57NO8Si3/c1-28(2,3)42(10,11)38-21-31(36)25(35)24(34)30(19-23(33)32(30)37-20-22-17-15-14-16-18-22)26(39-41(7,8)9)27(31)40-43(12,13)29(4,5)6/h14-18,24-27,34-36H,19-21H2,1-13H3/t24-,25+,26+,27-,30+,31-/m0/s1. The van der Waals surface area contributed by atoms with Gasteiger partial charge in [0.25, 0.3) is 0 Å². The molecule has 0 radical (unpaired) electrons. The van der Waals surface area contributed by atoms with Crippen molar-refractivity contribution in [3.63, 3.8) is 0 Å². The Labute approximate surface area is 262 Å². The van der Waals surface area contributed by atoms with E-state index in [9.17, 15) is 20.1 Å². The van der Waals surface area contributed by atoms with Crippen molar-refractivity contribution in [3.8, 4) is 0 Å². The number of hydroxylamine groups is 2. The highest BCUT2D eigenvalue weighted by atomic mass is 28.4. The van der Waals surface area contributed by atoms with Gasteiger partial charge in [-0.25, -0.2) is 5.06 Å². The third-order valence-corrected chi connectivity index (χ3v) is 19.9. The van der Waals surface area contributed by atoms with Crippen LogP contribution in [-0.4, -0.2) is 93.4 Å². The van der Waals surface area contributed by atoms with Gasteiger partial charge in [0.05, 0.1) is 13.0 Å². The molecule has 1 aliphatic carbocycles. The Morgan fingerprint density at radius 1 is 0.837 bits per heavy atom. The maximum Gasteiger partial charge on any atom is 0.249 e. The van der Waals surface area contributed by atoms with Crippen LogP contribution in [0.1, 0.15) is 53.5 Å². The first kappa shape index (κ1) is 36.5. The van der Waals surface area contributed by atoms with Gasteiger partial charge >= 0.3 is 0 Å². The van der Waals surface area contributed by atoms with Crippen LogP contribution >= 0.6 is 0 Å². The Morgan fingerprint density at radius 3 is 1.84 bits per heavy atom. The number of β-lactam (4-membered cyclic amide) rings is 1. The molecule has 1 aliphatic heterocycles. The smallest absolute Gasteiger partial charge is 0.249 e. The van der Waals surface area contributed by atoms with Crippen molar-refractivity contribution in [2.24, 2.45) is 0 Å². The van der Waals surface area contributed by atoms with Crippen molar-refractivity contribution < 1.29 is 38.2 Å². The highest BCUT2D eigenvalue weighted by Gasteiger charge is 2.75. The Morgan fingerprint density at radius 2 is 1.37 bits per heavy atom. The molecule has 2 fully saturated rings. The van der Waals surface area contributed by atoms with Crippen LogP contribution < -0.4 is 0 Å². The molecular formula is C31H57NO8Si3. The summed E-state index contributed by atoms with van der Waals surface area (Å²) in [5.74, 6) is -0.333. The molecule has 1 saturated carbocycles. The largest absolute Gasteiger partial charge is 0.414 e. The monoisotopic (exact) mass is 655 g/mol. The van der Waals surface area contributed by atoms with Gasteiger partial charge in [-0.2, -0.15) is 0 Å². The molecule has 3 N–H and O–H groups in total. The summed E-state index contributed by atoms with van der Waals surface area (Å²) in [6.45, 7) is 26.8. The maximum absolute atomic E-state index is 13.2. The maximum atomic E-state index is 13.2. The average Bonchev–Trinajstić information content (AvgIpc) is 2.85. The quantitative estimate of drug-likeness (QED) is 0.233. The molecule has 246 valence electrons.